The van der Waals surface area contributed by atoms with Gasteiger partial charge in [-0.15, -0.1) is 11.3 Å². The number of aromatic nitrogens is 1. The molecule has 118 valence electrons. The minimum atomic E-state index is -0.465. The van der Waals surface area contributed by atoms with Crippen LogP contribution in [0.2, 0.25) is 0 Å². The summed E-state index contributed by atoms with van der Waals surface area (Å²) in [4.78, 5) is 17.8. The first-order chi connectivity index (χ1) is 10.6. The lowest BCUT2D eigenvalue weighted by Gasteiger charge is -2.18. The molecule has 0 radical (unpaired) electrons. The predicted molar refractivity (Wildman–Crippen MR) is 88.9 cm³/mol. The molecular formula is C16H21N3O2S. The third-order valence-electron chi connectivity index (χ3n) is 3.37. The highest BCUT2D eigenvalue weighted by Gasteiger charge is 2.10. The van der Waals surface area contributed by atoms with Crippen LogP contribution in [-0.4, -0.2) is 41.0 Å². The highest BCUT2D eigenvalue weighted by Crippen LogP contribution is 2.16. The van der Waals surface area contributed by atoms with Crippen LogP contribution in [0.1, 0.15) is 24.5 Å². The Morgan fingerprint density at radius 1 is 1.36 bits per heavy atom. The number of hydrogen-bond acceptors (Lipinski definition) is 5. The molecule has 0 saturated heterocycles. The van der Waals surface area contributed by atoms with Crippen molar-refractivity contribution in [2.24, 2.45) is 0 Å². The highest BCUT2D eigenvalue weighted by molar-refractivity contribution is 7.13. The van der Waals surface area contributed by atoms with E-state index in [4.69, 9.17) is 0 Å². The molecule has 1 aromatic heterocycles. The summed E-state index contributed by atoms with van der Waals surface area (Å²) in [7, 11) is 1.95. The molecule has 0 spiro atoms. The monoisotopic (exact) mass is 319 g/mol. The van der Waals surface area contributed by atoms with Gasteiger partial charge in [-0.05, 0) is 19.0 Å². The van der Waals surface area contributed by atoms with Crippen LogP contribution in [0.15, 0.2) is 41.9 Å². The van der Waals surface area contributed by atoms with Crippen LogP contribution in [0, 0.1) is 0 Å². The average Bonchev–Trinajstić information content (AvgIpc) is 3.04. The number of rotatable bonds is 8. The van der Waals surface area contributed by atoms with Crippen molar-refractivity contribution in [2.45, 2.75) is 18.9 Å². The molecule has 0 aliphatic carbocycles. The smallest absolute Gasteiger partial charge is 0.227 e. The van der Waals surface area contributed by atoms with Crippen LogP contribution < -0.4 is 5.32 Å². The molecule has 0 saturated carbocycles. The van der Waals surface area contributed by atoms with Gasteiger partial charge in [0.05, 0.1) is 6.10 Å². The number of nitrogens with one attached hydrogen (secondary N) is 1. The number of hydrogen-bond donors (Lipinski definition) is 2. The number of aliphatic hydroxyl groups is 1. The molecule has 0 bridgehead atoms. The summed E-state index contributed by atoms with van der Waals surface area (Å²) in [6, 6.07) is 9.62. The molecular weight excluding hydrogens is 298 g/mol. The van der Waals surface area contributed by atoms with Gasteiger partial charge in [0.15, 0.2) is 5.13 Å². The Hall–Kier alpha value is -1.76. The molecule has 6 heteroatoms. The summed E-state index contributed by atoms with van der Waals surface area (Å²) in [5.41, 5.74) is 0.928. The number of amides is 1. The van der Waals surface area contributed by atoms with Crippen molar-refractivity contribution in [1.29, 1.82) is 0 Å². The molecule has 0 fully saturated rings. The molecule has 1 unspecified atom stereocenters. The van der Waals surface area contributed by atoms with Gasteiger partial charge >= 0.3 is 0 Å². The Labute approximate surface area is 134 Å². The number of carbonyl (C=O) groups excluding carboxylic acids is 1. The molecule has 22 heavy (non-hydrogen) atoms. The van der Waals surface area contributed by atoms with Crippen molar-refractivity contribution in [3.05, 3.63) is 47.5 Å². The lowest BCUT2D eigenvalue weighted by molar-refractivity contribution is -0.116. The van der Waals surface area contributed by atoms with Crippen LogP contribution in [0.3, 0.4) is 0 Å². The molecule has 1 atom stereocenters. The number of nitrogens with zero attached hydrogens (tertiary/aromatic N) is 2. The number of anilines is 1. The van der Waals surface area contributed by atoms with Gasteiger partial charge in [0.1, 0.15) is 0 Å². The maximum Gasteiger partial charge on any atom is 0.227 e. The van der Waals surface area contributed by atoms with Crippen LogP contribution in [0.4, 0.5) is 5.13 Å². The number of aliphatic hydroxyl groups excluding tert-OH is 1. The van der Waals surface area contributed by atoms with Crippen molar-refractivity contribution < 1.29 is 9.90 Å². The summed E-state index contributed by atoms with van der Waals surface area (Å²) in [5.74, 6) is -0.0367. The van der Waals surface area contributed by atoms with Gasteiger partial charge in [-0.25, -0.2) is 4.98 Å². The molecule has 1 aromatic carbocycles. The topological polar surface area (TPSA) is 65.5 Å². The fourth-order valence-corrected chi connectivity index (χ4v) is 2.60. The van der Waals surface area contributed by atoms with Crippen LogP contribution in [0.5, 0.6) is 0 Å². The minimum absolute atomic E-state index is 0.0367. The Bertz CT molecular complexity index is 560. The molecule has 2 rings (SSSR count). The zero-order chi connectivity index (χ0) is 15.8. The SMILES string of the molecule is CN(CCC(=O)Nc1nccs1)CCC(O)c1ccccc1. The minimum Gasteiger partial charge on any atom is -0.388 e. The second-order valence-corrected chi connectivity index (χ2v) is 6.05. The van der Waals surface area contributed by atoms with E-state index in [1.165, 1.54) is 11.3 Å². The van der Waals surface area contributed by atoms with Gasteiger partial charge in [0.25, 0.3) is 0 Å². The standard InChI is InChI=1S/C16H21N3O2S/c1-19(10-7-14(20)13-5-3-2-4-6-13)11-8-15(21)18-16-17-9-12-22-16/h2-6,9,12,14,20H,7-8,10-11H2,1H3,(H,17,18,21). The summed E-state index contributed by atoms with van der Waals surface area (Å²) in [5, 5.41) is 15.3. The van der Waals surface area contributed by atoms with Gasteiger partial charge in [0, 0.05) is 31.1 Å². The molecule has 2 aromatic rings. The summed E-state index contributed by atoms with van der Waals surface area (Å²) >= 11 is 1.41. The second kappa shape index (κ2) is 8.63. The van der Waals surface area contributed by atoms with Crippen molar-refractivity contribution >= 4 is 22.4 Å². The molecule has 1 amide bonds. The maximum atomic E-state index is 11.8. The zero-order valence-corrected chi connectivity index (χ0v) is 13.4. The Kier molecular flexibility index (Phi) is 6.51. The largest absolute Gasteiger partial charge is 0.388 e. The fourth-order valence-electron chi connectivity index (χ4n) is 2.06. The number of carbonyl (C=O) groups is 1. The van der Waals surface area contributed by atoms with Crippen molar-refractivity contribution in [3.63, 3.8) is 0 Å². The Morgan fingerprint density at radius 3 is 2.82 bits per heavy atom. The van der Waals surface area contributed by atoms with E-state index in [9.17, 15) is 9.90 Å². The Balaban J connectivity index is 1.65. The molecule has 0 aliphatic heterocycles. The molecule has 2 N–H and O–H groups in total. The van der Waals surface area contributed by atoms with E-state index in [1.807, 2.05) is 47.7 Å². The van der Waals surface area contributed by atoms with Gasteiger partial charge < -0.3 is 15.3 Å². The van der Waals surface area contributed by atoms with Gasteiger partial charge in [-0.2, -0.15) is 0 Å². The molecule has 5 nitrogen and oxygen atoms in total. The second-order valence-electron chi connectivity index (χ2n) is 5.15. The van der Waals surface area contributed by atoms with Crippen molar-refractivity contribution in [3.8, 4) is 0 Å². The first-order valence-electron chi connectivity index (χ1n) is 7.26. The van der Waals surface area contributed by atoms with Gasteiger partial charge in [-0.3, -0.25) is 4.79 Å². The van der Waals surface area contributed by atoms with Gasteiger partial charge in [-0.1, -0.05) is 30.3 Å². The van der Waals surface area contributed by atoms with Crippen molar-refractivity contribution in [1.82, 2.24) is 9.88 Å². The average molecular weight is 319 g/mol. The highest BCUT2D eigenvalue weighted by atomic mass is 32.1. The molecule has 0 aliphatic rings. The fraction of sp³-hybridized carbons (Fsp3) is 0.375. The van der Waals surface area contributed by atoms with Crippen LogP contribution >= 0.6 is 11.3 Å². The first kappa shape index (κ1) is 16.6. The number of thiazole rings is 1. The lowest BCUT2D eigenvalue weighted by atomic mass is 10.1. The lowest BCUT2D eigenvalue weighted by Crippen LogP contribution is -2.26. The van der Waals surface area contributed by atoms with E-state index in [2.05, 4.69) is 10.3 Å². The van der Waals surface area contributed by atoms with Crippen LogP contribution in [0.25, 0.3) is 0 Å². The third-order valence-corrected chi connectivity index (χ3v) is 4.06. The predicted octanol–water partition coefficient (Wildman–Crippen LogP) is 2.53. The maximum absolute atomic E-state index is 11.8. The van der Waals surface area contributed by atoms with E-state index >= 15 is 0 Å². The van der Waals surface area contributed by atoms with E-state index in [0.29, 0.717) is 24.5 Å². The summed E-state index contributed by atoms with van der Waals surface area (Å²) in [6.07, 6.45) is 2.26. The first-order valence-corrected chi connectivity index (χ1v) is 8.14. The quantitative estimate of drug-likeness (QED) is 0.785. The number of benzene rings is 1. The van der Waals surface area contributed by atoms with Crippen LogP contribution in [-0.2, 0) is 4.79 Å². The normalized spacial score (nSPS) is 12.3. The van der Waals surface area contributed by atoms with E-state index in [-0.39, 0.29) is 5.91 Å². The van der Waals surface area contributed by atoms with Gasteiger partial charge in [0.2, 0.25) is 5.91 Å². The Morgan fingerprint density at radius 2 is 2.14 bits per heavy atom. The summed E-state index contributed by atoms with van der Waals surface area (Å²) in [6.45, 7) is 1.39. The molecule has 1 heterocycles. The zero-order valence-electron chi connectivity index (χ0n) is 12.6. The third kappa shape index (κ3) is 5.55. The van der Waals surface area contributed by atoms with Crippen molar-refractivity contribution in [2.75, 3.05) is 25.5 Å². The van der Waals surface area contributed by atoms with E-state index in [1.54, 1.807) is 6.20 Å². The summed E-state index contributed by atoms with van der Waals surface area (Å²) < 4.78 is 0. The van der Waals surface area contributed by atoms with E-state index < -0.39 is 6.10 Å². The van der Waals surface area contributed by atoms with E-state index in [0.717, 1.165) is 12.1 Å².